The lowest BCUT2D eigenvalue weighted by atomic mass is 9.97. The molecule has 1 rings (SSSR count). The van der Waals surface area contributed by atoms with Crippen LogP contribution in [0.1, 0.15) is 19.4 Å². The first kappa shape index (κ1) is 17.0. The molecule has 114 valence electrons. The van der Waals surface area contributed by atoms with Gasteiger partial charge in [0.05, 0.1) is 13.2 Å². The molecule has 0 fully saturated rings. The minimum absolute atomic E-state index is 0.0246. The summed E-state index contributed by atoms with van der Waals surface area (Å²) in [4.78, 5) is 32.0. The number of hydrogen-bond acceptors (Lipinski definition) is 6. The number of alkyl halides is 1. The normalized spacial score (nSPS) is 10.9. The minimum atomic E-state index is -2.34. The maximum absolute atomic E-state index is 13.6. The lowest BCUT2D eigenvalue weighted by molar-refractivity contribution is -0.159. The number of carbonyl (C=O) groups is 2. The molecule has 0 aliphatic carbocycles. The van der Waals surface area contributed by atoms with Gasteiger partial charge < -0.3 is 9.47 Å². The highest BCUT2D eigenvalue weighted by molar-refractivity contribution is 6.44. The van der Waals surface area contributed by atoms with Crippen molar-refractivity contribution in [2.75, 3.05) is 13.2 Å². The summed E-state index contributed by atoms with van der Waals surface area (Å²) in [5.74, 6) is -3.19. The summed E-state index contributed by atoms with van der Waals surface area (Å²) < 4.78 is 23.1. The Bertz CT molecular complexity index is 545. The molecule has 0 bridgehead atoms. The van der Waals surface area contributed by atoms with Gasteiger partial charge in [-0.2, -0.15) is 0 Å². The van der Waals surface area contributed by atoms with Crippen LogP contribution in [0.15, 0.2) is 23.4 Å². The molecule has 0 unspecified atom stereocenters. The fourth-order valence-electron chi connectivity index (χ4n) is 1.58. The summed E-state index contributed by atoms with van der Waals surface area (Å²) in [6, 6.07) is 2.92. The zero-order chi connectivity index (χ0) is 16.0. The Morgan fingerprint density at radius 3 is 2.14 bits per heavy atom. The number of rotatable bonds is 6. The van der Waals surface area contributed by atoms with Crippen LogP contribution >= 0.6 is 11.6 Å². The summed E-state index contributed by atoms with van der Waals surface area (Å²) in [5.41, 5.74) is -0.670. The molecule has 0 heterocycles. The van der Waals surface area contributed by atoms with E-state index in [-0.39, 0.29) is 18.8 Å². The first-order valence-corrected chi connectivity index (χ1v) is 6.46. The molecule has 0 saturated heterocycles. The van der Waals surface area contributed by atoms with Gasteiger partial charge in [0, 0.05) is 0 Å². The van der Waals surface area contributed by atoms with Gasteiger partial charge in [-0.15, -0.1) is 4.91 Å². The standard InChI is InChI=1S/C13H13ClFNO5/c1-3-20-11(17)13(14,12(18)21-4-2)8-5-6-10(16-19)9(15)7-8/h5-7H,3-4H2,1-2H3. The van der Waals surface area contributed by atoms with Crippen LogP contribution in [0.3, 0.4) is 0 Å². The van der Waals surface area contributed by atoms with Crippen LogP contribution in [-0.4, -0.2) is 25.2 Å². The van der Waals surface area contributed by atoms with E-state index in [4.69, 9.17) is 21.1 Å². The number of nitroso groups, excluding NO2 is 1. The first-order valence-electron chi connectivity index (χ1n) is 6.08. The Morgan fingerprint density at radius 2 is 1.76 bits per heavy atom. The van der Waals surface area contributed by atoms with Crippen LogP contribution in [0.2, 0.25) is 0 Å². The topological polar surface area (TPSA) is 82.0 Å². The van der Waals surface area contributed by atoms with E-state index in [1.54, 1.807) is 0 Å². The number of esters is 2. The second-order valence-corrected chi connectivity index (χ2v) is 4.42. The summed E-state index contributed by atoms with van der Waals surface area (Å²) in [6.07, 6.45) is 0. The van der Waals surface area contributed by atoms with Crippen molar-refractivity contribution in [3.05, 3.63) is 34.5 Å². The van der Waals surface area contributed by atoms with Gasteiger partial charge in [0.15, 0.2) is 5.82 Å². The largest absolute Gasteiger partial charge is 0.464 e. The molecular weight excluding hydrogens is 305 g/mol. The van der Waals surface area contributed by atoms with E-state index >= 15 is 0 Å². The highest BCUT2D eigenvalue weighted by Crippen LogP contribution is 2.34. The number of nitrogens with zero attached hydrogens (tertiary/aromatic N) is 1. The van der Waals surface area contributed by atoms with E-state index in [2.05, 4.69) is 5.18 Å². The summed E-state index contributed by atoms with van der Waals surface area (Å²) in [7, 11) is 0. The fraction of sp³-hybridized carbons (Fsp3) is 0.385. The molecule has 0 aliphatic rings. The smallest absolute Gasteiger partial charge is 0.343 e. The first-order chi connectivity index (χ1) is 9.91. The molecule has 0 saturated carbocycles. The third-order valence-electron chi connectivity index (χ3n) is 2.56. The Kier molecular flexibility index (Phi) is 5.78. The van der Waals surface area contributed by atoms with Crippen LogP contribution in [-0.2, 0) is 23.9 Å². The van der Waals surface area contributed by atoms with Crippen molar-refractivity contribution in [1.29, 1.82) is 0 Å². The molecule has 0 aromatic heterocycles. The number of carbonyl (C=O) groups excluding carboxylic acids is 2. The van der Waals surface area contributed by atoms with Gasteiger partial charge in [-0.1, -0.05) is 17.7 Å². The van der Waals surface area contributed by atoms with Gasteiger partial charge in [0.2, 0.25) is 0 Å². The van der Waals surface area contributed by atoms with Gasteiger partial charge >= 0.3 is 11.9 Å². The van der Waals surface area contributed by atoms with Crippen molar-refractivity contribution in [2.45, 2.75) is 18.7 Å². The SMILES string of the molecule is CCOC(=O)C(Cl)(C(=O)OCC)c1ccc(N=O)c(F)c1. The zero-order valence-electron chi connectivity index (χ0n) is 11.4. The second-order valence-electron chi connectivity index (χ2n) is 3.86. The lowest BCUT2D eigenvalue weighted by Crippen LogP contribution is -2.41. The third-order valence-corrected chi connectivity index (χ3v) is 3.08. The Morgan fingerprint density at radius 1 is 1.24 bits per heavy atom. The number of hydrogen-bond donors (Lipinski definition) is 0. The van der Waals surface area contributed by atoms with Crippen molar-refractivity contribution in [1.82, 2.24) is 0 Å². The highest BCUT2D eigenvalue weighted by atomic mass is 35.5. The fourth-order valence-corrected chi connectivity index (χ4v) is 1.80. The van der Waals surface area contributed by atoms with E-state index < -0.39 is 28.3 Å². The lowest BCUT2D eigenvalue weighted by Gasteiger charge is -2.23. The molecule has 1 aromatic carbocycles. The Balaban J connectivity index is 3.36. The van der Waals surface area contributed by atoms with E-state index in [1.807, 2.05) is 0 Å². The van der Waals surface area contributed by atoms with E-state index in [0.29, 0.717) is 0 Å². The molecule has 0 N–H and O–H groups in total. The van der Waals surface area contributed by atoms with Crippen molar-refractivity contribution >= 4 is 29.2 Å². The molecule has 6 nitrogen and oxygen atoms in total. The monoisotopic (exact) mass is 317 g/mol. The van der Waals surface area contributed by atoms with Gasteiger partial charge in [0.1, 0.15) is 5.69 Å². The van der Waals surface area contributed by atoms with Crippen LogP contribution in [0.5, 0.6) is 0 Å². The van der Waals surface area contributed by atoms with Crippen molar-refractivity contribution < 1.29 is 23.5 Å². The molecule has 21 heavy (non-hydrogen) atoms. The number of halogens is 2. The highest BCUT2D eigenvalue weighted by Gasteiger charge is 2.49. The van der Waals surface area contributed by atoms with Gasteiger partial charge in [-0.25, -0.2) is 14.0 Å². The van der Waals surface area contributed by atoms with Crippen molar-refractivity contribution in [2.24, 2.45) is 5.18 Å². The van der Waals surface area contributed by atoms with Gasteiger partial charge in [-0.3, -0.25) is 0 Å². The molecular formula is C13H13ClFNO5. The molecule has 0 amide bonds. The number of ether oxygens (including phenoxy) is 2. The average molecular weight is 318 g/mol. The maximum Gasteiger partial charge on any atom is 0.343 e. The Labute approximate surface area is 125 Å². The predicted molar refractivity (Wildman–Crippen MR) is 72.7 cm³/mol. The van der Waals surface area contributed by atoms with Gasteiger partial charge in [0.25, 0.3) is 4.87 Å². The summed E-state index contributed by atoms with van der Waals surface area (Å²) in [5, 5.41) is 2.46. The van der Waals surface area contributed by atoms with Crippen LogP contribution in [0, 0.1) is 10.7 Å². The van der Waals surface area contributed by atoms with Crippen LogP contribution in [0.4, 0.5) is 10.1 Å². The summed E-state index contributed by atoms with van der Waals surface area (Å²) >= 11 is 6.07. The molecule has 0 atom stereocenters. The molecule has 0 aliphatic heterocycles. The Hall–Kier alpha value is -2.02. The summed E-state index contributed by atoms with van der Waals surface area (Å²) in [6.45, 7) is 3.01. The quantitative estimate of drug-likeness (QED) is 0.349. The zero-order valence-corrected chi connectivity index (χ0v) is 12.1. The van der Waals surface area contributed by atoms with Crippen molar-refractivity contribution in [3.8, 4) is 0 Å². The third kappa shape index (κ3) is 3.36. The van der Waals surface area contributed by atoms with Crippen molar-refractivity contribution in [3.63, 3.8) is 0 Å². The van der Waals surface area contributed by atoms with E-state index in [1.165, 1.54) is 13.8 Å². The average Bonchev–Trinajstić information content (AvgIpc) is 2.46. The predicted octanol–water partition coefficient (Wildman–Crippen LogP) is 2.78. The van der Waals surface area contributed by atoms with Crippen LogP contribution in [0.25, 0.3) is 0 Å². The molecule has 8 heteroatoms. The maximum atomic E-state index is 13.6. The molecule has 1 aromatic rings. The molecule has 0 spiro atoms. The minimum Gasteiger partial charge on any atom is -0.464 e. The van der Waals surface area contributed by atoms with Crippen LogP contribution < -0.4 is 0 Å². The van der Waals surface area contributed by atoms with E-state index in [0.717, 1.165) is 18.2 Å². The van der Waals surface area contributed by atoms with E-state index in [9.17, 15) is 18.9 Å². The number of benzene rings is 1. The molecule has 0 radical (unpaired) electrons. The second kappa shape index (κ2) is 7.12. The van der Waals surface area contributed by atoms with Gasteiger partial charge in [-0.05, 0) is 36.7 Å².